The summed E-state index contributed by atoms with van der Waals surface area (Å²) in [5.41, 5.74) is 2.00. The highest BCUT2D eigenvalue weighted by atomic mass is 127. The fourth-order valence-corrected chi connectivity index (χ4v) is 2.64. The molecular weight excluding hydrogens is 497 g/mol. The summed E-state index contributed by atoms with van der Waals surface area (Å²) in [6.45, 7) is 8.25. The lowest BCUT2D eigenvalue weighted by Gasteiger charge is -2.11. The number of halogens is 1. The van der Waals surface area contributed by atoms with Gasteiger partial charge in [0.25, 0.3) is 5.89 Å². The van der Waals surface area contributed by atoms with E-state index < -0.39 is 0 Å². The van der Waals surface area contributed by atoms with E-state index >= 15 is 0 Å². The number of aryl methyl sites for hydroxylation is 1. The van der Waals surface area contributed by atoms with Crippen molar-refractivity contribution in [3.8, 4) is 11.5 Å². The van der Waals surface area contributed by atoms with Crippen molar-refractivity contribution in [2.45, 2.75) is 39.7 Å². The Morgan fingerprint density at radius 1 is 1.17 bits per heavy atom. The van der Waals surface area contributed by atoms with E-state index in [2.05, 4.69) is 39.6 Å². The Morgan fingerprint density at radius 3 is 2.80 bits per heavy atom. The minimum atomic E-state index is 0. The molecule has 2 N–H and O–H groups in total. The van der Waals surface area contributed by atoms with Crippen molar-refractivity contribution in [2.24, 2.45) is 4.99 Å². The fourth-order valence-electron chi connectivity index (χ4n) is 2.64. The summed E-state index contributed by atoms with van der Waals surface area (Å²) in [4.78, 5) is 9.12. The van der Waals surface area contributed by atoms with Crippen LogP contribution in [0.1, 0.15) is 38.1 Å². The molecule has 0 saturated heterocycles. The first kappa shape index (κ1) is 26.3. The number of guanidine groups is 1. The second-order valence-electron chi connectivity index (χ2n) is 6.55. The zero-order valence-corrected chi connectivity index (χ0v) is 20.5. The van der Waals surface area contributed by atoms with Crippen LogP contribution < -0.4 is 10.6 Å². The quantitative estimate of drug-likeness (QED) is 0.177. The molecule has 0 aliphatic rings. The van der Waals surface area contributed by atoms with Crippen LogP contribution in [0.25, 0.3) is 11.5 Å². The molecule has 2 aromatic rings. The molecule has 0 amide bonds. The van der Waals surface area contributed by atoms with Crippen molar-refractivity contribution in [1.82, 2.24) is 20.8 Å². The Bertz CT molecular complexity index is 739. The maximum absolute atomic E-state index is 5.47. The third-order valence-corrected chi connectivity index (χ3v) is 4.07. The van der Waals surface area contributed by atoms with Crippen molar-refractivity contribution in [1.29, 1.82) is 0 Å². The zero-order chi connectivity index (χ0) is 20.7. The summed E-state index contributed by atoms with van der Waals surface area (Å²) in [5.74, 6) is 2.09. The lowest BCUT2D eigenvalue weighted by Crippen LogP contribution is -2.38. The van der Waals surface area contributed by atoms with Crippen LogP contribution >= 0.6 is 24.0 Å². The van der Waals surface area contributed by atoms with E-state index in [0.717, 1.165) is 55.3 Å². The minimum Gasteiger partial charge on any atom is -0.382 e. The molecule has 0 aliphatic carbocycles. The van der Waals surface area contributed by atoms with E-state index in [4.69, 9.17) is 14.0 Å². The molecule has 0 spiro atoms. The van der Waals surface area contributed by atoms with Crippen LogP contribution in [-0.4, -0.2) is 56.1 Å². The van der Waals surface area contributed by atoms with E-state index in [9.17, 15) is 0 Å². The number of hydrogen-bond acceptors (Lipinski definition) is 6. The van der Waals surface area contributed by atoms with Crippen molar-refractivity contribution < 1.29 is 14.0 Å². The molecule has 0 atom stereocenters. The Labute approximate surface area is 196 Å². The number of methoxy groups -OCH3 is 1. The smallest absolute Gasteiger partial charge is 0.257 e. The molecule has 1 heterocycles. The molecule has 0 bridgehead atoms. The Hall–Kier alpha value is -1.72. The van der Waals surface area contributed by atoms with Crippen molar-refractivity contribution in [2.75, 3.05) is 40.0 Å². The Balaban J connectivity index is 0.00000450. The molecule has 0 aliphatic heterocycles. The third-order valence-electron chi connectivity index (χ3n) is 4.07. The first-order chi connectivity index (χ1) is 14.3. The van der Waals surface area contributed by atoms with Crippen molar-refractivity contribution in [3.63, 3.8) is 0 Å². The van der Waals surface area contributed by atoms with E-state index in [0.29, 0.717) is 32.3 Å². The number of nitrogens with zero attached hydrogens (tertiary/aromatic N) is 3. The van der Waals surface area contributed by atoms with Gasteiger partial charge in [0.15, 0.2) is 11.8 Å². The van der Waals surface area contributed by atoms with Crippen molar-refractivity contribution in [3.05, 3.63) is 35.7 Å². The van der Waals surface area contributed by atoms with Gasteiger partial charge in [-0.2, -0.15) is 4.98 Å². The van der Waals surface area contributed by atoms with Gasteiger partial charge >= 0.3 is 0 Å². The Kier molecular flexibility index (Phi) is 14.1. The lowest BCUT2D eigenvalue weighted by molar-refractivity contribution is 0.0698. The highest BCUT2D eigenvalue weighted by Crippen LogP contribution is 2.19. The largest absolute Gasteiger partial charge is 0.382 e. The van der Waals surface area contributed by atoms with Crippen LogP contribution in [0.15, 0.2) is 33.8 Å². The number of aromatic nitrogens is 2. The van der Waals surface area contributed by atoms with Crippen molar-refractivity contribution >= 4 is 29.9 Å². The van der Waals surface area contributed by atoms with E-state index in [-0.39, 0.29) is 24.0 Å². The van der Waals surface area contributed by atoms with Crippen LogP contribution in [0.4, 0.5) is 0 Å². The highest BCUT2D eigenvalue weighted by Gasteiger charge is 2.08. The summed E-state index contributed by atoms with van der Waals surface area (Å²) >= 11 is 0. The number of hydrogen-bond donors (Lipinski definition) is 2. The molecule has 30 heavy (non-hydrogen) atoms. The maximum atomic E-state index is 5.47. The first-order valence-electron chi connectivity index (χ1n) is 10.3. The van der Waals surface area contributed by atoms with Crippen LogP contribution in [0.5, 0.6) is 0 Å². The molecule has 8 nitrogen and oxygen atoms in total. The maximum Gasteiger partial charge on any atom is 0.257 e. The van der Waals surface area contributed by atoms with Gasteiger partial charge in [0.1, 0.15) is 0 Å². The van der Waals surface area contributed by atoms with Crippen LogP contribution in [0.2, 0.25) is 0 Å². The normalized spacial score (nSPS) is 11.2. The number of aliphatic imine (C=N–C) groups is 1. The molecule has 2 rings (SSSR count). The van der Waals surface area contributed by atoms with Crippen LogP contribution in [-0.2, 0) is 22.4 Å². The average molecular weight is 531 g/mol. The average Bonchev–Trinajstić information content (AvgIpc) is 3.20. The second-order valence-corrected chi connectivity index (χ2v) is 6.55. The molecule has 0 unspecified atom stereocenters. The van der Waals surface area contributed by atoms with Gasteiger partial charge in [-0.3, -0.25) is 0 Å². The summed E-state index contributed by atoms with van der Waals surface area (Å²) in [6.07, 6.45) is 2.72. The number of rotatable bonds is 13. The Morgan fingerprint density at radius 2 is 2.03 bits per heavy atom. The first-order valence-corrected chi connectivity index (χ1v) is 10.3. The topological polar surface area (TPSA) is 93.8 Å². The zero-order valence-electron chi connectivity index (χ0n) is 18.1. The van der Waals surface area contributed by atoms with Gasteiger partial charge < -0.3 is 24.6 Å². The van der Waals surface area contributed by atoms with Gasteiger partial charge in [0.2, 0.25) is 0 Å². The minimum absolute atomic E-state index is 0. The summed E-state index contributed by atoms with van der Waals surface area (Å²) in [6, 6.07) is 8.05. The lowest BCUT2D eigenvalue weighted by atomic mass is 10.1. The van der Waals surface area contributed by atoms with Gasteiger partial charge in [-0.25, -0.2) is 4.99 Å². The molecule has 9 heteroatoms. The molecule has 1 aromatic heterocycles. The SMILES string of the molecule is CCCc1noc(-c2cccc(CN=C(NCC)NCCCOCCOC)c2)n1.I. The fraction of sp³-hybridized carbons (Fsp3) is 0.571. The molecule has 0 radical (unpaired) electrons. The molecule has 1 aromatic carbocycles. The summed E-state index contributed by atoms with van der Waals surface area (Å²) in [7, 11) is 1.67. The standard InChI is InChI=1S/C21H33N5O3.HI/c1-4-8-19-25-20(29-26-19)18-10-6-9-17(15-18)16-24-21(22-5-2)23-11-7-12-28-14-13-27-3;/h6,9-10,15H,4-5,7-8,11-14,16H2,1-3H3,(H2,22,23,24);1H. The van der Waals surface area contributed by atoms with E-state index in [1.165, 1.54) is 0 Å². The summed E-state index contributed by atoms with van der Waals surface area (Å²) < 4.78 is 15.8. The van der Waals surface area contributed by atoms with Gasteiger partial charge in [-0.15, -0.1) is 24.0 Å². The number of nitrogens with one attached hydrogen (secondary N) is 2. The predicted octanol–water partition coefficient (Wildman–Crippen LogP) is 3.42. The molecule has 0 saturated carbocycles. The molecular formula is C21H34IN5O3. The van der Waals surface area contributed by atoms with Gasteiger partial charge in [-0.05, 0) is 37.5 Å². The summed E-state index contributed by atoms with van der Waals surface area (Å²) in [5, 5.41) is 10.6. The molecule has 168 valence electrons. The van der Waals surface area contributed by atoms with Gasteiger partial charge in [0, 0.05) is 38.8 Å². The van der Waals surface area contributed by atoms with Crippen LogP contribution in [0.3, 0.4) is 0 Å². The monoisotopic (exact) mass is 531 g/mol. The van der Waals surface area contributed by atoms with E-state index in [1.54, 1.807) is 7.11 Å². The van der Waals surface area contributed by atoms with Gasteiger partial charge in [-0.1, -0.05) is 24.2 Å². The predicted molar refractivity (Wildman–Crippen MR) is 129 cm³/mol. The molecule has 0 fully saturated rings. The van der Waals surface area contributed by atoms with Gasteiger partial charge in [0.05, 0.1) is 19.8 Å². The second kappa shape index (κ2) is 16.0. The highest BCUT2D eigenvalue weighted by molar-refractivity contribution is 14.0. The van der Waals surface area contributed by atoms with E-state index in [1.807, 2.05) is 24.3 Å². The number of benzene rings is 1. The van der Waals surface area contributed by atoms with Crippen LogP contribution in [0, 0.1) is 0 Å². The third kappa shape index (κ3) is 9.86. The number of ether oxygens (including phenoxy) is 2.